The number of fused-ring (bicyclic) bond motifs is 6. The van der Waals surface area contributed by atoms with Gasteiger partial charge in [-0.2, -0.15) is 10.5 Å². The minimum Gasteiger partial charge on any atom is -0.309 e. The summed E-state index contributed by atoms with van der Waals surface area (Å²) < 4.78 is 4.55. The lowest BCUT2D eigenvalue weighted by Crippen LogP contribution is -1.96. The van der Waals surface area contributed by atoms with Crippen LogP contribution in [0.25, 0.3) is 88.4 Å². The zero-order valence-corrected chi connectivity index (χ0v) is 29.1. The maximum Gasteiger partial charge on any atom is 0.0992 e. The Morgan fingerprint density at radius 2 is 0.815 bits per heavy atom. The van der Waals surface area contributed by atoms with Crippen LogP contribution in [0.1, 0.15) is 11.1 Å². The molecule has 0 saturated carbocycles. The van der Waals surface area contributed by atoms with Crippen LogP contribution < -0.4 is 0 Å². The summed E-state index contributed by atoms with van der Waals surface area (Å²) in [6.07, 6.45) is 0. The molecule has 0 radical (unpaired) electrons. The molecule has 0 saturated heterocycles. The molecule has 10 rings (SSSR count). The molecule has 0 fully saturated rings. The smallest absolute Gasteiger partial charge is 0.0992 e. The SMILES string of the molecule is N#Cc1cc(C#N)cc(-n2c3ccc(-c4ccccc4)cc3c3c(-c4ccc5c(c4)c4cc(-c6ccccc6)ccc4n5-c4ccccc4)cccc32)c1. The van der Waals surface area contributed by atoms with Gasteiger partial charge in [0.1, 0.15) is 0 Å². The van der Waals surface area contributed by atoms with Crippen LogP contribution in [0.5, 0.6) is 0 Å². The third-order valence-corrected chi connectivity index (χ3v) is 10.5. The van der Waals surface area contributed by atoms with Crippen molar-refractivity contribution in [3.05, 3.63) is 193 Å². The number of hydrogen-bond acceptors (Lipinski definition) is 2. The first-order valence-electron chi connectivity index (χ1n) is 18.0. The monoisotopic (exact) mass is 686 g/mol. The van der Waals surface area contributed by atoms with Crippen molar-refractivity contribution in [1.82, 2.24) is 9.13 Å². The number of nitriles is 2. The van der Waals surface area contributed by atoms with E-state index in [1.165, 1.54) is 21.9 Å². The summed E-state index contributed by atoms with van der Waals surface area (Å²) in [4.78, 5) is 0. The van der Waals surface area contributed by atoms with Gasteiger partial charge in [-0.05, 0) is 106 Å². The fraction of sp³-hybridized carbons (Fsp3) is 0. The highest BCUT2D eigenvalue weighted by Gasteiger charge is 2.20. The highest BCUT2D eigenvalue weighted by molar-refractivity contribution is 6.18. The highest BCUT2D eigenvalue weighted by atomic mass is 15.0. The lowest BCUT2D eigenvalue weighted by atomic mass is 9.96. The molecule has 4 heteroatoms. The van der Waals surface area contributed by atoms with Gasteiger partial charge in [0.2, 0.25) is 0 Å². The molecule has 250 valence electrons. The largest absolute Gasteiger partial charge is 0.309 e. The summed E-state index contributed by atoms with van der Waals surface area (Å²) in [5, 5.41) is 24.4. The van der Waals surface area contributed by atoms with Crippen molar-refractivity contribution in [2.45, 2.75) is 0 Å². The van der Waals surface area contributed by atoms with E-state index >= 15 is 0 Å². The van der Waals surface area contributed by atoms with Gasteiger partial charge in [-0.25, -0.2) is 0 Å². The first kappa shape index (κ1) is 31.1. The Bertz CT molecular complexity index is 3120. The highest BCUT2D eigenvalue weighted by Crippen LogP contribution is 2.43. The van der Waals surface area contributed by atoms with Crippen molar-refractivity contribution in [1.29, 1.82) is 10.5 Å². The van der Waals surface area contributed by atoms with Crippen molar-refractivity contribution in [2.75, 3.05) is 0 Å². The molecule has 0 amide bonds. The zero-order chi connectivity index (χ0) is 36.2. The summed E-state index contributed by atoms with van der Waals surface area (Å²) in [5.41, 5.74) is 13.9. The molecule has 0 unspecified atom stereocenters. The molecule has 10 aromatic rings. The van der Waals surface area contributed by atoms with Gasteiger partial charge in [0, 0.05) is 32.9 Å². The molecule has 0 aliphatic heterocycles. The van der Waals surface area contributed by atoms with Crippen LogP contribution in [0.4, 0.5) is 0 Å². The second-order valence-corrected chi connectivity index (χ2v) is 13.6. The minimum atomic E-state index is 0.450. The Balaban J connectivity index is 1.27. The molecule has 0 bridgehead atoms. The average molecular weight is 687 g/mol. The number of aromatic nitrogens is 2. The molecule has 0 aliphatic rings. The predicted octanol–water partition coefficient (Wildman–Crippen LogP) is 12.6. The van der Waals surface area contributed by atoms with E-state index in [1.54, 1.807) is 6.07 Å². The summed E-state index contributed by atoms with van der Waals surface area (Å²) in [5.74, 6) is 0. The fourth-order valence-electron chi connectivity index (χ4n) is 8.13. The van der Waals surface area contributed by atoms with E-state index in [-0.39, 0.29) is 0 Å². The third kappa shape index (κ3) is 4.98. The van der Waals surface area contributed by atoms with Crippen molar-refractivity contribution in [3.8, 4) is 56.9 Å². The standard InChI is InChI=1S/C50H30N4/c51-31-33-25-34(32-52)27-41(26-33)54-48-23-20-38(36-13-6-2-7-14-36)29-45(48)50-42(17-10-18-49(50)54)39-21-24-47-44(30-39)43-28-37(35-11-4-1-5-12-35)19-22-46(43)53(47)40-15-8-3-9-16-40/h1-30H. The van der Waals surface area contributed by atoms with E-state index in [9.17, 15) is 10.5 Å². The van der Waals surface area contributed by atoms with E-state index < -0.39 is 0 Å². The van der Waals surface area contributed by atoms with E-state index in [0.717, 1.165) is 66.5 Å². The maximum absolute atomic E-state index is 9.91. The Morgan fingerprint density at radius 3 is 1.39 bits per heavy atom. The molecule has 0 spiro atoms. The number of rotatable bonds is 5. The number of para-hydroxylation sites is 1. The summed E-state index contributed by atoms with van der Waals surface area (Å²) in [6.45, 7) is 0. The van der Waals surface area contributed by atoms with Crippen LogP contribution in [-0.2, 0) is 0 Å². The fourth-order valence-corrected chi connectivity index (χ4v) is 8.13. The normalized spacial score (nSPS) is 11.3. The van der Waals surface area contributed by atoms with Gasteiger partial charge in [0.15, 0.2) is 0 Å². The van der Waals surface area contributed by atoms with Crippen LogP contribution in [0.3, 0.4) is 0 Å². The van der Waals surface area contributed by atoms with Crippen LogP contribution in [0.15, 0.2) is 182 Å². The first-order valence-corrected chi connectivity index (χ1v) is 18.0. The van der Waals surface area contributed by atoms with Gasteiger partial charge in [0.25, 0.3) is 0 Å². The maximum atomic E-state index is 9.91. The Kier molecular flexibility index (Phi) is 7.22. The van der Waals surface area contributed by atoms with Crippen molar-refractivity contribution in [2.24, 2.45) is 0 Å². The van der Waals surface area contributed by atoms with Crippen molar-refractivity contribution in [3.63, 3.8) is 0 Å². The molecule has 8 aromatic carbocycles. The van der Waals surface area contributed by atoms with Gasteiger partial charge in [-0.15, -0.1) is 0 Å². The minimum absolute atomic E-state index is 0.450. The Morgan fingerprint density at radius 1 is 0.333 bits per heavy atom. The third-order valence-electron chi connectivity index (χ3n) is 10.5. The van der Waals surface area contributed by atoms with Crippen LogP contribution in [0.2, 0.25) is 0 Å². The van der Waals surface area contributed by atoms with E-state index in [4.69, 9.17) is 0 Å². The van der Waals surface area contributed by atoms with Crippen LogP contribution >= 0.6 is 0 Å². The van der Waals surface area contributed by atoms with Crippen molar-refractivity contribution >= 4 is 43.6 Å². The van der Waals surface area contributed by atoms with Gasteiger partial charge in [-0.3, -0.25) is 0 Å². The van der Waals surface area contributed by atoms with E-state index in [2.05, 4.69) is 179 Å². The molecule has 0 atom stereocenters. The number of hydrogen-bond donors (Lipinski definition) is 0. The van der Waals surface area contributed by atoms with E-state index in [1.807, 2.05) is 18.2 Å². The van der Waals surface area contributed by atoms with Gasteiger partial charge >= 0.3 is 0 Å². The molecule has 0 N–H and O–H groups in total. The zero-order valence-electron chi connectivity index (χ0n) is 29.1. The second kappa shape index (κ2) is 12.5. The molecule has 0 aliphatic carbocycles. The van der Waals surface area contributed by atoms with Gasteiger partial charge < -0.3 is 9.13 Å². The Labute approximate surface area is 312 Å². The quantitative estimate of drug-likeness (QED) is 0.181. The van der Waals surface area contributed by atoms with Crippen molar-refractivity contribution < 1.29 is 0 Å². The number of nitrogens with zero attached hydrogens (tertiary/aromatic N) is 4. The van der Waals surface area contributed by atoms with E-state index in [0.29, 0.717) is 11.1 Å². The molecule has 54 heavy (non-hydrogen) atoms. The molecule has 2 heterocycles. The summed E-state index contributed by atoms with van der Waals surface area (Å²) >= 11 is 0. The summed E-state index contributed by atoms with van der Waals surface area (Å²) in [6, 6.07) is 68.1. The topological polar surface area (TPSA) is 57.4 Å². The first-order chi connectivity index (χ1) is 26.7. The molecular formula is C50H30N4. The Hall–Kier alpha value is -7.66. The molecule has 4 nitrogen and oxygen atoms in total. The lowest BCUT2D eigenvalue weighted by Gasteiger charge is -2.10. The predicted molar refractivity (Wildman–Crippen MR) is 221 cm³/mol. The molecular weight excluding hydrogens is 657 g/mol. The lowest BCUT2D eigenvalue weighted by molar-refractivity contribution is 1.17. The number of benzene rings is 8. The summed E-state index contributed by atoms with van der Waals surface area (Å²) in [7, 11) is 0. The van der Waals surface area contributed by atoms with Crippen LogP contribution in [-0.4, -0.2) is 9.13 Å². The average Bonchev–Trinajstić information content (AvgIpc) is 3.76. The second-order valence-electron chi connectivity index (χ2n) is 13.6. The van der Waals surface area contributed by atoms with Gasteiger partial charge in [0.05, 0.1) is 45.3 Å². The molecule has 2 aromatic heterocycles. The van der Waals surface area contributed by atoms with Gasteiger partial charge in [-0.1, -0.05) is 109 Å². The van der Waals surface area contributed by atoms with Crippen LogP contribution in [0, 0.1) is 22.7 Å².